The smallest absolute Gasteiger partial charge is 0.243 e. The second-order valence-corrected chi connectivity index (χ2v) is 10.4. The quantitative estimate of drug-likeness (QED) is 0.752. The SMILES string of the molecule is O=C(C1CC1c1ccccc1F)N1CCN(S(=O)(=O)c2ccc3c(c2)CCC3)CC1. The maximum absolute atomic E-state index is 14.0. The number of piperazine rings is 1. The minimum absolute atomic E-state index is 0.0119. The van der Waals surface area contributed by atoms with Gasteiger partial charge in [0.1, 0.15) is 5.82 Å². The Morgan fingerprint density at radius 1 is 0.967 bits per heavy atom. The van der Waals surface area contributed by atoms with Gasteiger partial charge in [0.2, 0.25) is 15.9 Å². The highest BCUT2D eigenvalue weighted by atomic mass is 32.2. The highest BCUT2D eigenvalue weighted by Crippen LogP contribution is 2.49. The van der Waals surface area contributed by atoms with Gasteiger partial charge in [-0.15, -0.1) is 0 Å². The van der Waals surface area contributed by atoms with Gasteiger partial charge in [0.25, 0.3) is 0 Å². The Balaban J connectivity index is 1.22. The summed E-state index contributed by atoms with van der Waals surface area (Å²) in [7, 11) is -3.55. The van der Waals surface area contributed by atoms with E-state index in [4.69, 9.17) is 0 Å². The number of sulfonamides is 1. The molecule has 2 aromatic carbocycles. The molecule has 1 saturated heterocycles. The van der Waals surface area contributed by atoms with Crippen LogP contribution in [-0.4, -0.2) is 49.7 Å². The number of nitrogens with zero attached hydrogens (tertiary/aromatic N) is 2. The van der Waals surface area contributed by atoms with Crippen molar-refractivity contribution in [3.05, 3.63) is 65.0 Å². The molecule has 3 aliphatic rings. The largest absolute Gasteiger partial charge is 0.340 e. The molecule has 2 unspecified atom stereocenters. The van der Waals surface area contributed by atoms with Crippen LogP contribution >= 0.6 is 0 Å². The Hall–Kier alpha value is -2.25. The number of benzene rings is 2. The van der Waals surface area contributed by atoms with Gasteiger partial charge in [0.05, 0.1) is 4.90 Å². The number of carbonyl (C=O) groups is 1. The van der Waals surface area contributed by atoms with Crippen molar-refractivity contribution in [1.29, 1.82) is 0 Å². The van der Waals surface area contributed by atoms with Gasteiger partial charge in [-0.1, -0.05) is 24.3 Å². The molecule has 1 aliphatic heterocycles. The summed E-state index contributed by atoms with van der Waals surface area (Å²) in [6.07, 6.45) is 3.69. The molecule has 2 fully saturated rings. The highest BCUT2D eigenvalue weighted by Gasteiger charge is 2.47. The van der Waals surface area contributed by atoms with Crippen LogP contribution in [0.1, 0.15) is 35.4 Å². The molecule has 0 N–H and O–H groups in total. The fourth-order valence-electron chi connectivity index (χ4n) is 4.83. The monoisotopic (exact) mass is 428 g/mol. The van der Waals surface area contributed by atoms with Gasteiger partial charge < -0.3 is 4.90 Å². The van der Waals surface area contributed by atoms with Crippen molar-refractivity contribution in [1.82, 2.24) is 9.21 Å². The molecule has 1 saturated carbocycles. The number of aryl methyl sites for hydroxylation is 2. The van der Waals surface area contributed by atoms with Crippen molar-refractivity contribution >= 4 is 15.9 Å². The lowest BCUT2D eigenvalue weighted by atomic mass is 10.1. The van der Waals surface area contributed by atoms with Crippen LogP contribution in [0.5, 0.6) is 0 Å². The van der Waals surface area contributed by atoms with E-state index in [1.54, 1.807) is 29.2 Å². The Kier molecular flexibility index (Phi) is 4.90. The Morgan fingerprint density at radius 3 is 2.47 bits per heavy atom. The summed E-state index contributed by atoms with van der Waals surface area (Å²) >= 11 is 0. The van der Waals surface area contributed by atoms with Crippen LogP contribution in [0.15, 0.2) is 47.4 Å². The van der Waals surface area contributed by atoms with E-state index in [1.165, 1.54) is 15.9 Å². The van der Waals surface area contributed by atoms with E-state index in [1.807, 2.05) is 12.1 Å². The van der Waals surface area contributed by atoms with Gasteiger partial charge >= 0.3 is 0 Å². The Bertz CT molecular complexity index is 1090. The van der Waals surface area contributed by atoms with Gasteiger partial charge in [-0.2, -0.15) is 4.31 Å². The number of rotatable bonds is 4. The molecule has 0 radical (unpaired) electrons. The first-order valence-electron chi connectivity index (χ1n) is 10.6. The topological polar surface area (TPSA) is 57.7 Å². The standard InChI is InChI=1S/C23H25FN2O3S/c24-22-7-2-1-6-19(22)20-15-21(20)23(27)25-10-12-26(13-11-25)30(28,29)18-9-8-16-4-3-5-17(16)14-18/h1-2,6-9,14,20-21H,3-5,10-13,15H2. The average Bonchev–Trinajstić information content (AvgIpc) is 3.41. The first-order chi connectivity index (χ1) is 14.4. The highest BCUT2D eigenvalue weighted by molar-refractivity contribution is 7.89. The van der Waals surface area contributed by atoms with Crippen LogP contribution in [0.2, 0.25) is 0 Å². The number of hydrogen-bond donors (Lipinski definition) is 0. The lowest BCUT2D eigenvalue weighted by Crippen LogP contribution is -2.51. The van der Waals surface area contributed by atoms with Crippen molar-refractivity contribution in [2.24, 2.45) is 5.92 Å². The third-order valence-electron chi connectivity index (χ3n) is 6.67. The lowest BCUT2D eigenvalue weighted by molar-refractivity contribution is -0.133. The molecule has 0 spiro atoms. The maximum atomic E-state index is 14.0. The number of halogens is 1. The zero-order chi connectivity index (χ0) is 20.9. The summed E-state index contributed by atoms with van der Waals surface area (Å²) in [6, 6.07) is 12.1. The predicted molar refractivity (Wildman–Crippen MR) is 111 cm³/mol. The zero-order valence-corrected chi connectivity index (χ0v) is 17.6. The fraction of sp³-hybridized carbons (Fsp3) is 0.435. The molecule has 2 aliphatic carbocycles. The Morgan fingerprint density at radius 2 is 1.70 bits per heavy atom. The van der Waals surface area contributed by atoms with Crippen molar-refractivity contribution in [3.8, 4) is 0 Å². The van der Waals surface area contributed by atoms with Crippen LogP contribution in [0.4, 0.5) is 4.39 Å². The number of hydrogen-bond acceptors (Lipinski definition) is 3. The predicted octanol–water partition coefficient (Wildman–Crippen LogP) is 2.95. The molecule has 1 heterocycles. The molecule has 5 rings (SSSR count). The second-order valence-electron chi connectivity index (χ2n) is 8.48. The normalized spacial score (nSPS) is 24.0. The van der Waals surface area contributed by atoms with Crippen molar-refractivity contribution in [2.45, 2.75) is 36.5 Å². The van der Waals surface area contributed by atoms with Crippen LogP contribution < -0.4 is 0 Å². The minimum Gasteiger partial charge on any atom is -0.340 e. The molecule has 1 amide bonds. The van der Waals surface area contributed by atoms with E-state index in [0.29, 0.717) is 43.1 Å². The van der Waals surface area contributed by atoms with Gasteiger partial charge in [0, 0.05) is 32.1 Å². The molecule has 30 heavy (non-hydrogen) atoms. The summed E-state index contributed by atoms with van der Waals surface area (Å²) < 4.78 is 41.6. The van der Waals surface area contributed by atoms with Gasteiger partial charge in [0.15, 0.2) is 0 Å². The van der Waals surface area contributed by atoms with Crippen molar-refractivity contribution in [3.63, 3.8) is 0 Å². The summed E-state index contributed by atoms with van der Waals surface area (Å²) in [5.74, 6) is -0.505. The van der Waals surface area contributed by atoms with Crippen molar-refractivity contribution in [2.75, 3.05) is 26.2 Å². The molecule has 2 aromatic rings. The molecule has 7 heteroatoms. The molecule has 5 nitrogen and oxygen atoms in total. The number of amides is 1. The zero-order valence-electron chi connectivity index (χ0n) is 16.8. The molecule has 0 aromatic heterocycles. The van der Waals surface area contributed by atoms with Crippen LogP contribution in [0.25, 0.3) is 0 Å². The number of fused-ring (bicyclic) bond motifs is 1. The van der Waals surface area contributed by atoms with E-state index in [-0.39, 0.29) is 23.6 Å². The summed E-state index contributed by atoms with van der Waals surface area (Å²) in [4.78, 5) is 14.9. The van der Waals surface area contributed by atoms with E-state index in [0.717, 1.165) is 24.8 Å². The molecular weight excluding hydrogens is 403 g/mol. The second kappa shape index (κ2) is 7.46. The van der Waals surface area contributed by atoms with Crippen LogP contribution in [-0.2, 0) is 27.7 Å². The van der Waals surface area contributed by atoms with Gasteiger partial charge in [-0.3, -0.25) is 4.79 Å². The lowest BCUT2D eigenvalue weighted by Gasteiger charge is -2.34. The summed E-state index contributed by atoms with van der Waals surface area (Å²) in [5, 5.41) is 0. The molecule has 158 valence electrons. The third kappa shape index (κ3) is 3.44. The number of carbonyl (C=O) groups excluding carboxylic acids is 1. The first kappa shape index (κ1) is 19.7. The average molecular weight is 429 g/mol. The third-order valence-corrected chi connectivity index (χ3v) is 8.57. The van der Waals surface area contributed by atoms with Crippen LogP contribution in [0, 0.1) is 11.7 Å². The van der Waals surface area contributed by atoms with Gasteiger partial charge in [-0.25, -0.2) is 12.8 Å². The summed E-state index contributed by atoms with van der Waals surface area (Å²) in [5.41, 5.74) is 2.99. The molecular formula is C23H25FN2O3S. The van der Waals surface area contributed by atoms with Gasteiger partial charge in [-0.05, 0) is 66.5 Å². The van der Waals surface area contributed by atoms with E-state index < -0.39 is 10.0 Å². The molecule has 2 atom stereocenters. The maximum Gasteiger partial charge on any atom is 0.243 e. The van der Waals surface area contributed by atoms with Crippen molar-refractivity contribution < 1.29 is 17.6 Å². The summed E-state index contributed by atoms with van der Waals surface area (Å²) in [6.45, 7) is 1.34. The Labute approximate surface area is 176 Å². The first-order valence-corrected chi connectivity index (χ1v) is 12.0. The fourth-order valence-corrected chi connectivity index (χ4v) is 6.30. The van der Waals surface area contributed by atoms with E-state index in [9.17, 15) is 17.6 Å². The van der Waals surface area contributed by atoms with E-state index >= 15 is 0 Å². The van der Waals surface area contributed by atoms with Crippen LogP contribution in [0.3, 0.4) is 0 Å². The molecule has 0 bridgehead atoms. The van der Waals surface area contributed by atoms with E-state index in [2.05, 4.69) is 0 Å². The minimum atomic E-state index is -3.55.